The van der Waals surface area contributed by atoms with Crippen molar-refractivity contribution >= 4 is 53.3 Å². The summed E-state index contributed by atoms with van der Waals surface area (Å²) in [7, 11) is 0. The monoisotopic (exact) mass is 465 g/mol. The first-order valence-corrected chi connectivity index (χ1v) is 8.47. The molecule has 0 atom stereocenters. The number of hydrogen-bond donors (Lipinski definition) is 1. The van der Waals surface area contributed by atoms with E-state index in [1.807, 2.05) is 23.9 Å². The average Bonchev–Trinajstić information content (AvgIpc) is 3.02. The minimum absolute atomic E-state index is 0. The Kier molecular flexibility index (Phi) is 6.97. The van der Waals surface area contributed by atoms with Crippen LogP contribution in [0.5, 0.6) is 0 Å². The van der Waals surface area contributed by atoms with E-state index in [1.54, 1.807) is 12.1 Å². The Balaban J connectivity index is 0.00000192. The second-order valence-corrected chi connectivity index (χ2v) is 6.46. The summed E-state index contributed by atoms with van der Waals surface area (Å²) in [6.45, 7) is 2.14. The zero-order chi connectivity index (χ0) is 15.4. The van der Waals surface area contributed by atoms with Crippen molar-refractivity contribution in [3.8, 4) is 11.4 Å². The van der Waals surface area contributed by atoms with E-state index in [0.29, 0.717) is 22.7 Å². The van der Waals surface area contributed by atoms with Gasteiger partial charge >= 0.3 is 0 Å². The largest absolute Gasteiger partial charge is 0.370 e. The number of aromatic nitrogens is 2. The van der Waals surface area contributed by atoms with Crippen LogP contribution < -0.4 is 5.73 Å². The highest BCUT2D eigenvalue weighted by atomic mass is 127. The smallest absolute Gasteiger partial charge is 0.248 e. The second-order valence-electron chi connectivity index (χ2n) is 4.80. The van der Waals surface area contributed by atoms with Gasteiger partial charge in [-0.05, 0) is 12.1 Å². The van der Waals surface area contributed by atoms with E-state index < -0.39 is 0 Å². The zero-order valence-corrected chi connectivity index (χ0v) is 16.2. The van der Waals surface area contributed by atoms with Crippen LogP contribution in [0.3, 0.4) is 0 Å². The molecular formula is C14H17ClIN5OS. The molecule has 1 aromatic carbocycles. The highest BCUT2D eigenvalue weighted by Crippen LogP contribution is 2.20. The van der Waals surface area contributed by atoms with E-state index in [4.69, 9.17) is 21.9 Å². The summed E-state index contributed by atoms with van der Waals surface area (Å²) in [4.78, 5) is 10.7. The maximum Gasteiger partial charge on any atom is 0.248 e. The van der Waals surface area contributed by atoms with Crippen molar-refractivity contribution in [1.82, 2.24) is 15.0 Å². The molecule has 9 heteroatoms. The fourth-order valence-electron chi connectivity index (χ4n) is 2.10. The molecule has 1 aromatic heterocycles. The van der Waals surface area contributed by atoms with E-state index in [0.717, 1.165) is 30.2 Å². The van der Waals surface area contributed by atoms with Crippen LogP contribution in [0, 0.1) is 0 Å². The number of nitrogens with zero attached hydrogens (tertiary/aromatic N) is 4. The van der Waals surface area contributed by atoms with Gasteiger partial charge in [0.1, 0.15) is 6.54 Å². The molecule has 0 amide bonds. The molecule has 0 radical (unpaired) electrons. The molecule has 2 N–H and O–H groups in total. The van der Waals surface area contributed by atoms with Crippen molar-refractivity contribution in [2.24, 2.45) is 10.7 Å². The maximum absolute atomic E-state index is 5.99. The molecule has 0 unspecified atom stereocenters. The molecule has 0 spiro atoms. The van der Waals surface area contributed by atoms with Crippen LogP contribution in [-0.4, -0.2) is 45.6 Å². The van der Waals surface area contributed by atoms with Crippen LogP contribution in [0.1, 0.15) is 5.89 Å². The molecule has 23 heavy (non-hydrogen) atoms. The lowest BCUT2D eigenvalue weighted by Crippen LogP contribution is -2.42. The van der Waals surface area contributed by atoms with Crippen LogP contribution in [-0.2, 0) is 6.54 Å². The van der Waals surface area contributed by atoms with E-state index in [2.05, 4.69) is 20.0 Å². The summed E-state index contributed by atoms with van der Waals surface area (Å²) in [5.74, 6) is 3.62. The van der Waals surface area contributed by atoms with E-state index >= 15 is 0 Å². The second kappa shape index (κ2) is 8.74. The minimum Gasteiger partial charge on any atom is -0.370 e. The van der Waals surface area contributed by atoms with Gasteiger partial charge in [0.25, 0.3) is 0 Å². The van der Waals surface area contributed by atoms with Gasteiger partial charge < -0.3 is 15.2 Å². The lowest BCUT2D eigenvalue weighted by molar-refractivity contribution is 0.379. The normalized spacial score (nSPS) is 15.3. The fourth-order valence-corrected chi connectivity index (χ4v) is 3.20. The Bertz CT molecular complexity index is 675. The first kappa shape index (κ1) is 18.3. The van der Waals surface area contributed by atoms with E-state index in [-0.39, 0.29) is 30.5 Å². The van der Waals surface area contributed by atoms with Crippen molar-refractivity contribution in [2.75, 3.05) is 24.6 Å². The molecular weight excluding hydrogens is 449 g/mol. The summed E-state index contributed by atoms with van der Waals surface area (Å²) >= 11 is 7.89. The van der Waals surface area contributed by atoms with Gasteiger partial charge in [0.15, 0.2) is 5.96 Å². The quantitative estimate of drug-likeness (QED) is 0.426. The molecule has 6 nitrogen and oxygen atoms in total. The lowest BCUT2D eigenvalue weighted by atomic mass is 10.2. The molecule has 1 aliphatic rings. The first-order valence-electron chi connectivity index (χ1n) is 6.93. The lowest BCUT2D eigenvalue weighted by Gasteiger charge is -2.26. The van der Waals surface area contributed by atoms with Gasteiger partial charge in [0, 0.05) is 35.2 Å². The van der Waals surface area contributed by atoms with Gasteiger partial charge in [-0.25, -0.2) is 4.99 Å². The highest BCUT2D eigenvalue weighted by molar-refractivity contribution is 14.0. The van der Waals surface area contributed by atoms with Crippen LogP contribution >= 0.6 is 47.3 Å². The first-order chi connectivity index (χ1) is 10.7. The van der Waals surface area contributed by atoms with E-state index in [1.165, 1.54) is 0 Å². The number of thioether (sulfide) groups is 1. The third-order valence-corrected chi connectivity index (χ3v) is 4.44. The fraction of sp³-hybridized carbons (Fsp3) is 0.357. The van der Waals surface area contributed by atoms with Crippen molar-refractivity contribution in [3.63, 3.8) is 0 Å². The number of hydrogen-bond acceptors (Lipinski definition) is 5. The Hall–Kier alpha value is -1.00. The summed E-state index contributed by atoms with van der Waals surface area (Å²) in [5, 5.41) is 4.58. The maximum atomic E-state index is 5.99. The number of benzene rings is 1. The highest BCUT2D eigenvalue weighted by Gasteiger charge is 2.13. The molecule has 2 heterocycles. The molecule has 3 rings (SSSR count). The number of guanidine groups is 1. The van der Waals surface area contributed by atoms with Crippen LogP contribution in [0.2, 0.25) is 5.02 Å². The minimum atomic E-state index is 0. The molecule has 2 aromatic rings. The van der Waals surface area contributed by atoms with Gasteiger partial charge in [-0.3, -0.25) is 0 Å². The third kappa shape index (κ3) is 4.98. The molecule has 1 aliphatic heterocycles. The zero-order valence-electron chi connectivity index (χ0n) is 12.3. The summed E-state index contributed by atoms with van der Waals surface area (Å²) < 4.78 is 5.21. The SMILES string of the molecule is I.NC(=NCc1nc(-c2cccc(Cl)c2)no1)N1CCSCC1. The third-order valence-electron chi connectivity index (χ3n) is 3.26. The molecule has 0 bridgehead atoms. The topological polar surface area (TPSA) is 80.5 Å². The number of aliphatic imine (C=N–C) groups is 1. The molecule has 124 valence electrons. The van der Waals surface area contributed by atoms with Crippen LogP contribution in [0.25, 0.3) is 11.4 Å². The van der Waals surface area contributed by atoms with Gasteiger partial charge in [0.05, 0.1) is 0 Å². The number of rotatable bonds is 3. The number of halogens is 2. The average molecular weight is 466 g/mol. The molecule has 0 saturated carbocycles. The van der Waals surface area contributed by atoms with Crippen LogP contribution in [0.4, 0.5) is 0 Å². The Morgan fingerprint density at radius 2 is 2.17 bits per heavy atom. The van der Waals surface area contributed by atoms with Crippen molar-refractivity contribution in [1.29, 1.82) is 0 Å². The van der Waals surface area contributed by atoms with Gasteiger partial charge in [-0.15, -0.1) is 24.0 Å². The summed E-state index contributed by atoms with van der Waals surface area (Å²) in [5.41, 5.74) is 6.81. The predicted molar refractivity (Wildman–Crippen MR) is 104 cm³/mol. The Morgan fingerprint density at radius 3 is 2.91 bits per heavy atom. The van der Waals surface area contributed by atoms with E-state index in [9.17, 15) is 0 Å². The Labute approximate surface area is 160 Å². The summed E-state index contributed by atoms with van der Waals surface area (Å²) in [6.07, 6.45) is 0. The van der Waals surface area contributed by atoms with Crippen LogP contribution in [0.15, 0.2) is 33.8 Å². The van der Waals surface area contributed by atoms with Crippen molar-refractivity contribution in [3.05, 3.63) is 35.2 Å². The van der Waals surface area contributed by atoms with Gasteiger partial charge in [0.2, 0.25) is 11.7 Å². The summed E-state index contributed by atoms with van der Waals surface area (Å²) in [6, 6.07) is 7.31. The molecule has 0 aliphatic carbocycles. The molecule has 1 saturated heterocycles. The Morgan fingerprint density at radius 1 is 1.39 bits per heavy atom. The molecule has 1 fully saturated rings. The van der Waals surface area contributed by atoms with Gasteiger partial charge in [-0.2, -0.15) is 16.7 Å². The van der Waals surface area contributed by atoms with Crippen molar-refractivity contribution < 1.29 is 4.52 Å². The van der Waals surface area contributed by atoms with Crippen molar-refractivity contribution in [2.45, 2.75) is 6.54 Å². The standard InChI is InChI=1S/C14H16ClN5OS.HI/c15-11-3-1-2-10(8-11)13-18-12(21-19-13)9-17-14(16)20-4-6-22-7-5-20;/h1-3,8H,4-7,9H2,(H2,16,17);1H. The predicted octanol–water partition coefficient (Wildman–Crippen LogP) is 2.87. The van der Waals surface area contributed by atoms with Gasteiger partial charge in [-0.1, -0.05) is 28.9 Å². The number of nitrogens with two attached hydrogens (primary N) is 1.